The van der Waals surface area contributed by atoms with Crippen LogP contribution in [0.4, 0.5) is 0 Å². The topological polar surface area (TPSA) is 29.1 Å². The molecule has 0 aromatic heterocycles. The molecule has 0 spiro atoms. The highest BCUT2D eigenvalue weighted by atomic mass is 32.2. The average Bonchev–Trinajstić information content (AvgIpc) is 2.37. The maximum absolute atomic E-state index is 12.3. The standard InChI is InChI=1S/C17H27NOS/c1-11(2)16(12(3)4)18-17(19)14(6)20-15-9-7-13(5)8-10-15/h7-12,14,16H,1-6H3,(H,18,19). The molecule has 0 aliphatic heterocycles. The fourth-order valence-electron chi connectivity index (χ4n) is 2.26. The van der Waals surface area contributed by atoms with Crippen molar-refractivity contribution in [3.05, 3.63) is 29.8 Å². The maximum atomic E-state index is 12.3. The number of amides is 1. The van der Waals surface area contributed by atoms with Gasteiger partial charge in [0.15, 0.2) is 0 Å². The predicted octanol–water partition coefficient (Wildman–Crippen LogP) is 4.27. The van der Waals surface area contributed by atoms with E-state index >= 15 is 0 Å². The minimum atomic E-state index is -0.0716. The summed E-state index contributed by atoms with van der Waals surface area (Å²) in [7, 11) is 0. The van der Waals surface area contributed by atoms with Crippen LogP contribution in [0.2, 0.25) is 0 Å². The molecule has 0 radical (unpaired) electrons. The summed E-state index contributed by atoms with van der Waals surface area (Å²) in [6, 6.07) is 8.55. The van der Waals surface area contributed by atoms with E-state index in [0.717, 1.165) is 4.90 Å². The molecule has 112 valence electrons. The summed E-state index contributed by atoms with van der Waals surface area (Å²) in [6.07, 6.45) is 0. The molecule has 0 saturated heterocycles. The third kappa shape index (κ3) is 5.20. The van der Waals surface area contributed by atoms with Crippen molar-refractivity contribution in [3.63, 3.8) is 0 Å². The second-order valence-electron chi connectivity index (χ2n) is 6.10. The first kappa shape index (κ1) is 17.1. The van der Waals surface area contributed by atoms with Crippen LogP contribution >= 0.6 is 11.8 Å². The summed E-state index contributed by atoms with van der Waals surface area (Å²) >= 11 is 1.61. The van der Waals surface area contributed by atoms with Gasteiger partial charge in [-0.15, -0.1) is 11.8 Å². The van der Waals surface area contributed by atoms with E-state index in [4.69, 9.17) is 0 Å². The maximum Gasteiger partial charge on any atom is 0.233 e. The summed E-state index contributed by atoms with van der Waals surface area (Å²) in [5.74, 6) is 1.04. The van der Waals surface area contributed by atoms with Crippen molar-refractivity contribution in [2.45, 2.75) is 57.7 Å². The van der Waals surface area contributed by atoms with Crippen molar-refractivity contribution in [1.82, 2.24) is 5.32 Å². The molecule has 20 heavy (non-hydrogen) atoms. The highest BCUT2D eigenvalue weighted by molar-refractivity contribution is 8.00. The van der Waals surface area contributed by atoms with Crippen LogP contribution in [-0.4, -0.2) is 17.2 Å². The zero-order valence-corrected chi connectivity index (χ0v) is 14.3. The van der Waals surface area contributed by atoms with Gasteiger partial charge in [-0.2, -0.15) is 0 Å². The molecule has 1 N–H and O–H groups in total. The number of rotatable bonds is 6. The van der Waals surface area contributed by atoms with Crippen LogP contribution in [0.5, 0.6) is 0 Å². The van der Waals surface area contributed by atoms with Gasteiger partial charge in [0, 0.05) is 10.9 Å². The molecule has 0 saturated carbocycles. The van der Waals surface area contributed by atoms with Crippen LogP contribution < -0.4 is 5.32 Å². The molecule has 0 fully saturated rings. The Balaban J connectivity index is 2.60. The van der Waals surface area contributed by atoms with E-state index < -0.39 is 0 Å². The van der Waals surface area contributed by atoms with Gasteiger partial charge in [0.2, 0.25) is 5.91 Å². The summed E-state index contributed by atoms with van der Waals surface area (Å²) in [5.41, 5.74) is 1.24. The van der Waals surface area contributed by atoms with Gasteiger partial charge in [-0.25, -0.2) is 0 Å². The molecule has 1 unspecified atom stereocenters. The Morgan fingerprint density at radius 1 is 1.00 bits per heavy atom. The zero-order valence-electron chi connectivity index (χ0n) is 13.4. The third-order valence-electron chi connectivity index (χ3n) is 3.45. The Hall–Kier alpha value is -0.960. The molecule has 1 aromatic rings. The minimum Gasteiger partial charge on any atom is -0.352 e. The first-order valence-electron chi connectivity index (χ1n) is 7.35. The molecule has 0 heterocycles. The van der Waals surface area contributed by atoms with Gasteiger partial charge in [0.1, 0.15) is 0 Å². The molecule has 0 aliphatic carbocycles. The predicted molar refractivity (Wildman–Crippen MR) is 88.1 cm³/mol. The molecular weight excluding hydrogens is 266 g/mol. The lowest BCUT2D eigenvalue weighted by atomic mass is 9.93. The Bertz CT molecular complexity index is 417. The Morgan fingerprint density at radius 2 is 1.50 bits per heavy atom. The van der Waals surface area contributed by atoms with Gasteiger partial charge < -0.3 is 5.32 Å². The van der Waals surface area contributed by atoms with E-state index in [9.17, 15) is 4.79 Å². The van der Waals surface area contributed by atoms with E-state index in [1.165, 1.54) is 5.56 Å². The Morgan fingerprint density at radius 3 is 1.95 bits per heavy atom. The van der Waals surface area contributed by atoms with E-state index in [1.807, 2.05) is 6.92 Å². The van der Waals surface area contributed by atoms with Gasteiger partial charge >= 0.3 is 0 Å². The zero-order chi connectivity index (χ0) is 15.3. The van der Waals surface area contributed by atoms with Crippen molar-refractivity contribution in [2.75, 3.05) is 0 Å². The summed E-state index contributed by atoms with van der Waals surface area (Å²) in [5, 5.41) is 3.12. The van der Waals surface area contributed by atoms with Gasteiger partial charge in [0.25, 0.3) is 0 Å². The molecule has 0 aliphatic rings. The molecule has 1 aromatic carbocycles. The molecular formula is C17H27NOS. The first-order chi connectivity index (χ1) is 9.31. The fraction of sp³-hybridized carbons (Fsp3) is 0.588. The van der Waals surface area contributed by atoms with E-state index in [2.05, 4.69) is 64.2 Å². The van der Waals surface area contributed by atoms with Gasteiger partial charge in [-0.3, -0.25) is 4.79 Å². The van der Waals surface area contributed by atoms with Crippen LogP contribution in [0.25, 0.3) is 0 Å². The lowest BCUT2D eigenvalue weighted by Crippen LogP contribution is -2.45. The lowest BCUT2D eigenvalue weighted by Gasteiger charge is -2.27. The number of hydrogen-bond acceptors (Lipinski definition) is 2. The number of thioether (sulfide) groups is 1. The van der Waals surface area contributed by atoms with Crippen molar-refractivity contribution in [3.8, 4) is 0 Å². The highest BCUT2D eigenvalue weighted by Crippen LogP contribution is 2.24. The smallest absolute Gasteiger partial charge is 0.233 e. The molecule has 3 heteroatoms. The van der Waals surface area contributed by atoms with Gasteiger partial charge in [-0.1, -0.05) is 45.4 Å². The summed E-state index contributed by atoms with van der Waals surface area (Å²) in [6.45, 7) is 12.7. The van der Waals surface area contributed by atoms with Crippen molar-refractivity contribution in [1.29, 1.82) is 0 Å². The Kier molecular flexibility index (Phi) is 6.60. The third-order valence-corrected chi connectivity index (χ3v) is 4.56. The second kappa shape index (κ2) is 7.72. The second-order valence-corrected chi connectivity index (χ2v) is 7.51. The number of benzene rings is 1. The lowest BCUT2D eigenvalue weighted by molar-refractivity contribution is -0.121. The number of carbonyl (C=O) groups excluding carboxylic acids is 1. The summed E-state index contributed by atoms with van der Waals surface area (Å²) < 4.78 is 0. The van der Waals surface area contributed by atoms with Gasteiger partial charge in [0.05, 0.1) is 5.25 Å². The molecule has 0 bridgehead atoms. The van der Waals surface area contributed by atoms with E-state index in [1.54, 1.807) is 11.8 Å². The van der Waals surface area contributed by atoms with Crippen molar-refractivity contribution in [2.24, 2.45) is 11.8 Å². The largest absolute Gasteiger partial charge is 0.352 e. The summed E-state index contributed by atoms with van der Waals surface area (Å²) in [4.78, 5) is 13.4. The minimum absolute atomic E-state index is 0.0716. The van der Waals surface area contributed by atoms with E-state index in [0.29, 0.717) is 11.8 Å². The molecule has 1 rings (SSSR count). The van der Waals surface area contributed by atoms with Crippen LogP contribution in [-0.2, 0) is 4.79 Å². The monoisotopic (exact) mass is 293 g/mol. The number of hydrogen-bond donors (Lipinski definition) is 1. The van der Waals surface area contributed by atoms with Crippen LogP contribution in [0.3, 0.4) is 0 Å². The fourth-order valence-corrected chi connectivity index (χ4v) is 3.14. The number of carbonyl (C=O) groups is 1. The van der Waals surface area contributed by atoms with Crippen LogP contribution in [0, 0.1) is 18.8 Å². The van der Waals surface area contributed by atoms with Crippen molar-refractivity contribution < 1.29 is 4.79 Å². The first-order valence-corrected chi connectivity index (χ1v) is 8.23. The molecule has 1 atom stereocenters. The van der Waals surface area contributed by atoms with Crippen LogP contribution in [0.1, 0.15) is 40.2 Å². The normalized spacial score (nSPS) is 13.1. The van der Waals surface area contributed by atoms with Gasteiger partial charge in [-0.05, 0) is 37.8 Å². The molecule has 1 amide bonds. The number of aryl methyl sites for hydroxylation is 1. The SMILES string of the molecule is Cc1ccc(SC(C)C(=O)NC(C(C)C)C(C)C)cc1. The number of nitrogens with one attached hydrogen (secondary N) is 1. The van der Waals surface area contributed by atoms with Crippen molar-refractivity contribution >= 4 is 17.7 Å². The van der Waals surface area contributed by atoms with Crippen LogP contribution in [0.15, 0.2) is 29.2 Å². The quantitative estimate of drug-likeness (QED) is 0.793. The molecule has 2 nitrogen and oxygen atoms in total. The average molecular weight is 293 g/mol. The van der Waals surface area contributed by atoms with E-state index in [-0.39, 0.29) is 17.2 Å². The highest BCUT2D eigenvalue weighted by Gasteiger charge is 2.23. The Labute approximate surface area is 127 Å².